The van der Waals surface area contributed by atoms with Gasteiger partial charge < -0.3 is 9.16 Å². The minimum Gasteiger partial charge on any atom is -0.457 e. The summed E-state index contributed by atoms with van der Waals surface area (Å²) in [6.45, 7) is 11.2. The number of β-lactam (4-membered cyclic amide) rings is 1. The lowest BCUT2D eigenvalue weighted by Gasteiger charge is -2.53. The summed E-state index contributed by atoms with van der Waals surface area (Å²) in [5, 5.41) is 2.31. The van der Waals surface area contributed by atoms with Crippen LogP contribution in [0.15, 0.2) is 104 Å². The molecule has 0 N–H and O–H groups in total. The van der Waals surface area contributed by atoms with Gasteiger partial charge in [0.1, 0.15) is 12.0 Å². The number of carbonyl (C=O) groups is 2. The second-order valence-corrected chi connectivity index (χ2v) is 18.5. The maximum Gasteiger partial charge on any atom is 0.356 e. The highest BCUT2D eigenvalue weighted by Crippen LogP contribution is 2.51. The molecular weight excluding hydrogens is 565 g/mol. The highest BCUT2D eigenvalue weighted by atomic mass is 32.1. The number of benzene rings is 3. The van der Waals surface area contributed by atoms with Crippen LogP contribution in [0.3, 0.4) is 0 Å². The molecule has 0 saturated carbocycles. The van der Waals surface area contributed by atoms with Gasteiger partial charge in [-0.2, -0.15) is 12.6 Å². The van der Waals surface area contributed by atoms with Crippen LogP contribution in [0.2, 0.25) is 5.04 Å². The van der Waals surface area contributed by atoms with Gasteiger partial charge in [0.2, 0.25) is 5.91 Å². The number of carbonyl (C=O) groups excluding carboxylic acids is 2. The summed E-state index contributed by atoms with van der Waals surface area (Å²) in [5.41, 5.74) is -0.420. The highest BCUT2D eigenvalue weighted by molar-refractivity contribution is 7.96. The number of thiol groups is 1. The van der Waals surface area contributed by atoms with Crippen molar-refractivity contribution in [3.05, 3.63) is 104 Å². The first-order valence-electron chi connectivity index (χ1n) is 13.8. The average molecular weight is 606 g/mol. The molecule has 1 amide bonds. The first-order valence-corrected chi connectivity index (χ1v) is 17.4. The maximum absolute atomic E-state index is 14.3. The lowest BCUT2D eigenvalue weighted by Crippen LogP contribution is -2.69. The number of hydrogen-bond acceptors (Lipinski definition) is 5. The van der Waals surface area contributed by atoms with Crippen molar-refractivity contribution in [1.29, 1.82) is 0 Å². The predicted molar refractivity (Wildman–Crippen MR) is 178 cm³/mol. The molecule has 216 valence electrons. The SMILES string of the molecule is C=CCOC(=O)C(N1C(=O)[C@H](C(C)(C)O[SiH2]C(C)(C)C)[C@H]1S)=P(c1ccccc1)(c1ccccc1)c1ccccc1. The van der Waals surface area contributed by atoms with E-state index in [0.717, 1.165) is 15.9 Å². The molecule has 0 aliphatic carbocycles. The molecule has 3 aromatic carbocycles. The fraction of sp³-hybridized carbons (Fsp3) is 0.303. The first-order chi connectivity index (χ1) is 19.4. The summed E-state index contributed by atoms with van der Waals surface area (Å²) >= 11 is 5.00. The second kappa shape index (κ2) is 12.6. The molecule has 5 nitrogen and oxygen atoms in total. The van der Waals surface area contributed by atoms with Crippen molar-refractivity contribution < 1.29 is 18.8 Å². The van der Waals surface area contributed by atoms with E-state index in [1.54, 1.807) is 4.90 Å². The number of esters is 1. The molecular formula is C33H40NO4PSSi. The van der Waals surface area contributed by atoms with Gasteiger partial charge in [-0.25, -0.2) is 4.79 Å². The first kappa shape index (κ1) is 31.1. The lowest BCUT2D eigenvalue weighted by molar-refractivity contribution is -0.156. The van der Waals surface area contributed by atoms with E-state index in [4.69, 9.17) is 21.8 Å². The summed E-state index contributed by atoms with van der Waals surface area (Å²) in [4.78, 5) is 30.1. The summed E-state index contributed by atoms with van der Waals surface area (Å²) in [6.07, 6.45) is 1.54. The van der Waals surface area contributed by atoms with Gasteiger partial charge in [-0.1, -0.05) is 124 Å². The fourth-order valence-electron chi connectivity index (χ4n) is 5.22. The Balaban J connectivity index is 2.05. The van der Waals surface area contributed by atoms with E-state index in [9.17, 15) is 9.59 Å². The van der Waals surface area contributed by atoms with Crippen LogP contribution >= 0.6 is 19.5 Å². The number of hydrogen-bond donors (Lipinski definition) is 1. The van der Waals surface area contributed by atoms with Crippen LogP contribution in [0.1, 0.15) is 34.6 Å². The van der Waals surface area contributed by atoms with Gasteiger partial charge in [0.25, 0.3) is 0 Å². The minimum absolute atomic E-state index is 0.0230. The highest BCUT2D eigenvalue weighted by Gasteiger charge is 2.58. The van der Waals surface area contributed by atoms with Crippen molar-refractivity contribution in [3.63, 3.8) is 0 Å². The van der Waals surface area contributed by atoms with E-state index >= 15 is 0 Å². The molecule has 1 saturated heterocycles. The Kier molecular flexibility index (Phi) is 9.55. The summed E-state index contributed by atoms with van der Waals surface area (Å²) in [6, 6.07) is 29.9. The standard InChI is InChI=1S/C33H40NO4PSSi/c1-7-23-37-31(36)29(34-28(35)27(30(34)40)33(5,6)38-41-32(2,3)4)39(24-17-11-8-12-18-24,25-19-13-9-14-20-25)26-21-15-10-16-22-26/h7-22,27,30,40H,1,23,41H2,2-6H3/t27-,30+/m0/s1. The molecule has 8 heteroatoms. The van der Waals surface area contributed by atoms with Gasteiger partial charge in [-0.3, -0.25) is 9.69 Å². The van der Waals surface area contributed by atoms with E-state index in [1.165, 1.54) is 6.08 Å². The number of likely N-dealkylation sites (tertiary alicyclic amines) is 1. The van der Waals surface area contributed by atoms with Crippen LogP contribution in [0.4, 0.5) is 0 Å². The predicted octanol–water partition coefficient (Wildman–Crippen LogP) is 4.65. The van der Waals surface area contributed by atoms with Crippen LogP contribution in [0, 0.1) is 5.92 Å². The van der Waals surface area contributed by atoms with Crippen LogP contribution in [0.25, 0.3) is 0 Å². The van der Waals surface area contributed by atoms with Gasteiger partial charge >= 0.3 is 5.97 Å². The summed E-state index contributed by atoms with van der Waals surface area (Å²) in [7, 11) is -0.941. The topological polar surface area (TPSA) is 55.8 Å². The van der Waals surface area contributed by atoms with Crippen molar-refractivity contribution in [2.75, 3.05) is 6.61 Å². The molecule has 1 heterocycles. The van der Waals surface area contributed by atoms with Crippen molar-refractivity contribution in [1.82, 2.24) is 4.90 Å². The molecule has 3 aromatic rings. The van der Waals surface area contributed by atoms with E-state index < -0.39 is 39.5 Å². The van der Waals surface area contributed by atoms with Crippen LogP contribution < -0.4 is 15.9 Å². The van der Waals surface area contributed by atoms with E-state index in [1.807, 2.05) is 105 Å². The number of rotatable bonds is 10. The Morgan fingerprint density at radius 2 is 1.34 bits per heavy atom. The molecule has 0 radical (unpaired) electrons. The largest absolute Gasteiger partial charge is 0.457 e. The van der Waals surface area contributed by atoms with Crippen LogP contribution in [-0.2, 0) is 18.8 Å². The third-order valence-electron chi connectivity index (χ3n) is 7.18. The zero-order valence-electron chi connectivity index (χ0n) is 24.5. The zero-order valence-corrected chi connectivity index (χ0v) is 27.7. The van der Waals surface area contributed by atoms with Gasteiger partial charge in [-0.05, 0) is 34.8 Å². The zero-order chi connectivity index (χ0) is 29.8. The molecule has 0 spiro atoms. The third kappa shape index (κ3) is 6.19. The van der Waals surface area contributed by atoms with Gasteiger partial charge in [0.05, 0.1) is 16.9 Å². The fourth-order valence-corrected chi connectivity index (χ4v) is 11.4. The number of amides is 1. The molecule has 0 bridgehead atoms. The monoisotopic (exact) mass is 605 g/mol. The normalized spacial score (nSPS) is 17.8. The van der Waals surface area contributed by atoms with E-state index in [-0.39, 0.29) is 17.6 Å². The van der Waals surface area contributed by atoms with Crippen LogP contribution in [-0.4, -0.2) is 49.5 Å². The van der Waals surface area contributed by atoms with Crippen molar-refractivity contribution in [2.24, 2.45) is 5.92 Å². The molecule has 2 atom stereocenters. The van der Waals surface area contributed by atoms with E-state index in [0.29, 0.717) is 5.42 Å². The van der Waals surface area contributed by atoms with Crippen LogP contribution in [0.5, 0.6) is 0 Å². The quantitative estimate of drug-likeness (QED) is 0.0913. The summed E-state index contributed by atoms with van der Waals surface area (Å²) < 4.78 is 12.2. The Hall–Kier alpha value is -2.83. The molecule has 1 fully saturated rings. The molecule has 0 unspecified atom stereocenters. The maximum atomic E-state index is 14.3. The van der Waals surface area contributed by atoms with Gasteiger partial charge in [0.15, 0.2) is 9.76 Å². The van der Waals surface area contributed by atoms with Crippen molar-refractivity contribution in [3.8, 4) is 0 Å². The Morgan fingerprint density at radius 1 is 0.902 bits per heavy atom. The smallest absolute Gasteiger partial charge is 0.356 e. The lowest BCUT2D eigenvalue weighted by atomic mass is 9.83. The molecule has 4 rings (SSSR count). The van der Waals surface area contributed by atoms with E-state index in [2.05, 4.69) is 27.4 Å². The average Bonchev–Trinajstić information content (AvgIpc) is 2.96. The molecule has 1 aliphatic rings. The number of nitrogens with zero attached hydrogens (tertiary/aromatic N) is 1. The Labute approximate surface area is 252 Å². The Morgan fingerprint density at radius 3 is 1.71 bits per heavy atom. The molecule has 0 aromatic heterocycles. The molecule has 41 heavy (non-hydrogen) atoms. The van der Waals surface area contributed by atoms with Crippen molar-refractivity contribution >= 4 is 62.5 Å². The second-order valence-electron chi connectivity index (χ2n) is 11.9. The van der Waals surface area contributed by atoms with Gasteiger partial charge in [-0.15, -0.1) is 0 Å². The Bertz CT molecular complexity index is 1330. The summed E-state index contributed by atoms with van der Waals surface area (Å²) in [5.74, 6) is -1.26. The molecule has 1 aliphatic heterocycles. The number of ether oxygens (including phenoxy) is 1. The third-order valence-corrected chi connectivity index (χ3v) is 13.7. The van der Waals surface area contributed by atoms with Gasteiger partial charge in [0, 0.05) is 6.89 Å². The minimum atomic E-state index is -2.94. The van der Waals surface area contributed by atoms with Crippen molar-refractivity contribution in [2.45, 2.75) is 50.6 Å².